The fourth-order valence-corrected chi connectivity index (χ4v) is 2.54. The highest BCUT2D eigenvalue weighted by molar-refractivity contribution is 6.02. The van der Waals surface area contributed by atoms with Crippen molar-refractivity contribution in [1.29, 1.82) is 0 Å². The summed E-state index contributed by atoms with van der Waals surface area (Å²) in [5.41, 5.74) is 0.971. The average molecular weight is 319 g/mol. The Balaban J connectivity index is 1.78. The summed E-state index contributed by atoms with van der Waals surface area (Å²) in [6.45, 7) is 1.70. The molecule has 1 amide bonds. The molecule has 0 saturated carbocycles. The van der Waals surface area contributed by atoms with Gasteiger partial charge in [-0.25, -0.2) is 4.39 Å². The summed E-state index contributed by atoms with van der Waals surface area (Å²) in [5.74, 6) is -1.86. The van der Waals surface area contributed by atoms with Crippen molar-refractivity contribution in [2.75, 3.05) is 23.3 Å². The molecule has 0 atom stereocenters. The maximum atomic E-state index is 13.8. The van der Waals surface area contributed by atoms with E-state index in [-0.39, 0.29) is 11.4 Å². The van der Waals surface area contributed by atoms with Crippen molar-refractivity contribution in [3.8, 4) is 0 Å². The number of hydrogen-bond donors (Lipinski definition) is 1. The lowest BCUT2D eigenvalue weighted by molar-refractivity contribution is -0.402. The van der Waals surface area contributed by atoms with Crippen LogP contribution >= 0.6 is 0 Å². The molecule has 1 saturated heterocycles. The summed E-state index contributed by atoms with van der Waals surface area (Å²) in [4.78, 5) is 23.9. The number of rotatable bonds is 4. The number of furan rings is 1. The van der Waals surface area contributed by atoms with Gasteiger partial charge in [-0.2, -0.15) is 0 Å². The minimum atomic E-state index is -0.732. The third-order valence-electron chi connectivity index (χ3n) is 3.61. The van der Waals surface area contributed by atoms with E-state index in [0.29, 0.717) is 5.69 Å². The molecule has 0 unspecified atom stereocenters. The third-order valence-corrected chi connectivity index (χ3v) is 3.61. The Morgan fingerprint density at radius 1 is 1.26 bits per heavy atom. The van der Waals surface area contributed by atoms with Gasteiger partial charge in [-0.05, 0) is 37.1 Å². The van der Waals surface area contributed by atoms with Gasteiger partial charge >= 0.3 is 5.88 Å². The number of carbonyl (C=O) groups is 1. The van der Waals surface area contributed by atoms with E-state index in [1.807, 2.05) is 4.90 Å². The predicted molar refractivity (Wildman–Crippen MR) is 81.2 cm³/mol. The molecule has 0 aliphatic carbocycles. The normalized spacial score (nSPS) is 14.0. The van der Waals surface area contributed by atoms with Crippen LogP contribution < -0.4 is 10.2 Å². The minimum absolute atomic E-state index is 0.205. The van der Waals surface area contributed by atoms with Crippen molar-refractivity contribution in [2.45, 2.75) is 12.8 Å². The average Bonchev–Trinajstić information content (AvgIpc) is 3.18. The van der Waals surface area contributed by atoms with E-state index >= 15 is 0 Å². The molecule has 1 aromatic heterocycles. The fourth-order valence-electron chi connectivity index (χ4n) is 2.54. The number of halogens is 1. The number of amides is 1. The number of anilines is 2. The van der Waals surface area contributed by atoms with Crippen LogP contribution in [0.1, 0.15) is 23.4 Å². The number of nitrogens with one attached hydrogen (secondary N) is 1. The smallest absolute Gasteiger partial charge is 0.395 e. The van der Waals surface area contributed by atoms with E-state index in [1.54, 1.807) is 6.07 Å². The first-order valence-corrected chi connectivity index (χ1v) is 7.14. The molecule has 2 heterocycles. The first kappa shape index (κ1) is 15.0. The van der Waals surface area contributed by atoms with Gasteiger partial charge in [-0.1, -0.05) is 0 Å². The molecule has 0 bridgehead atoms. The van der Waals surface area contributed by atoms with Gasteiger partial charge in [0.15, 0.2) is 5.76 Å². The van der Waals surface area contributed by atoms with Gasteiger partial charge in [-0.15, -0.1) is 0 Å². The van der Waals surface area contributed by atoms with Crippen molar-refractivity contribution in [3.05, 3.63) is 52.0 Å². The van der Waals surface area contributed by atoms with Gasteiger partial charge < -0.3 is 14.6 Å². The Morgan fingerprint density at radius 2 is 2.00 bits per heavy atom. The third kappa shape index (κ3) is 3.31. The van der Waals surface area contributed by atoms with Crippen molar-refractivity contribution in [3.63, 3.8) is 0 Å². The van der Waals surface area contributed by atoms with Crippen LogP contribution in [0.2, 0.25) is 0 Å². The van der Waals surface area contributed by atoms with Crippen LogP contribution in [0.5, 0.6) is 0 Å². The predicted octanol–water partition coefficient (Wildman–Crippen LogP) is 3.18. The zero-order chi connectivity index (χ0) is 16.4. The Bertz CT molecular complexity index is 753. The van der Waals surface area contributed by atoms with E-state index in [0.717, 1.165) is 32.0 Å². The molecule has 23 heavy (non-hydrogen) atoms. The summed E-state index contributed by atoms with van der Waals surface area (Å²) in [6, 6.07) is 6.57. The Morgan fingerprint density at radius 3 is 2.65 bits per heavy atom. The van der Waals surface area contributed by atoms with Crippen LogP contribution in [-0.4, -0.2) is 23.9 Å². The van der Waals surface area contributed by atoms with Crippen LogP contribution in [0.4, 0.5) is 21.6 Å². The Kier molecular flexibility index (Phi) is 3.96. The summed E-state index contributed by atoms with van der Waals surface area (Å²) in [5, 5.41) is 13.0. The highest BCUT2D eigenvalue weighted by Crippen LogP contribution is 2.26. The quantitative estimate of drug-likeness (QED) is 0.690. The molecule has 7 nitrogen and oxygen atoms in total. The SMILES string of the molecule is O=C(Nc1cc(F)cc(N2CCCC2)c1)c1ccc([N+](=O)[O-])o1. The lowest BCUT2D eigenvalue weighted by Crippen LogP contribution is -2.18. The summed E-state index contributed by atoms with van der Waals surface area (Å²) >= 11 is 0. The van der Waals surface area contributed by atoms with Gasteiger partial charge in [0.2, 0.25) is 0 Å². The van der Waals surface area contributed by atoms with E-state index < -0.39 is 22.5 Å². The molecule has 1 aliphatic heterocycles. The minimum Gasteiger partial charge on any atom is -0.395 e. The summed E-state index contributed by atoms with van der Waals surface area (Å²) in [6.07, 6.45) is 2.10. The lowest BCUT2D eigenvalue weighted by atomic mass is 10.2. The van der Waals surface area contributed by atoms with Crippen LogP contribution in [0.25, 0.3) is 0 Å². The second kappa shape index (κ2) is 6.07. The fraction of sp³-hybridized carbons (Fsp3) is 0.267. The topological polar surface area (TPSA) is 88.6 Å². The lowest BCUT2D eigenvalue weighted by Gasteiger charge is -2.18. The van der Waals surface area contributed by atoms with E-state index in [9.17, 15) is 19.3 Å². The van der Waals surface area contributed by atoms with Crippen molar-refractivity contribution >= 4 is 23.2 Å². The first-order chi connectivity index (χ1) is 11.0. The van der Waals surface area contributed by atoms with E-state index in [2.05, 4.69) is 5.32 Å². The standard InChI is InChI=1S/C15H14FN3O4/c16-10-7-11(9-12(8-10)18-5-1-2-6-18)17-15(20)13-3-4-14(23-13)19(21)22/h3-4,7-9H,1-2,5-6H2,(H,17,20). The molecular formula is C15H14FN3O4. The van der Waals surface area contributed by atoms with Gasteiger partial charge in [-0.3, -0.25) is 14.9 Å². The van der Waals surface area contributed by atoms with Gasteiger partial charge in [0.05, 0.1) is 6.07 Å². The highest BCUT2D eigenvalue weighted by atomic mass is 19.1. The molecule has 1 aliphatic rings. The molecule has 1 N–H and O–H groups in total. The monoisotopic (exact) mass is 319 g/mol. The number of carbonyl (C=O) groups excluding carboxylic acids is 1. The highest BCUT2D eigenvalue weighted by Gasteiger charge is 2.19. The molecule has 120 valence electrons. The summed E-state index contributed by atoms with van der Waals surface area (Å²) in [7, 11) is 0. The summed E-state index contributed by atoms with van der Waals surface area (Å²) < 4.78 is 18.6. The maximum absolute atomic E-state index is 13.8. The van der Waals surface area contributed by atoms with E-state index in [1.165, 1.54) is 18.2 Å². The molecule has 0 spiro atoms. The zero-order valence-corrected chi connectivity index (χ0v) is 12.1. The largest absolute Gasteiger partial charge is 0.433 e. The Labute approximate surface area is 130 Å². The van der Waals surface area contributed by atoms with Crippen LogP contribution in [0.15, 0.2) is 34.7 Å². The molecule has 0 radical (unpaired) electrons. The molecule has 1 aromatic carbocycles. The Hall–Kier alpha value is -2.90. The maximum Gasteiger partial charge on any atom is 0.433 e. The molecule has 1 fully saturated rings. The molecule has 3 rings (SSSR count). The number of hydrogen-bond acceptors (Lipinski definition) is 5. The van der Waals surface area contributed by atoms with Crippen LogP contribution in [0.3, 0.4) is 0 Å². The van der Waals surface area contributed by atoms with Gasteiger partial charge in [0.1, 0.15) is 10.7 Å². The molecular weight excluding hydrogens is 305 g/mol. The molecule has 2 aromatic rings. The van der Waals surface area contributed by atoms with Crippen molar-refractivity contribution in [1.82, 2.24) is 0 Å². The number of nitrogens with zero attached hydrogens (tertiary/aromatic N) is 2. The van der Waals surface area contributed by atoms with Crippen LogP contribution in [0, 0.1) is 15.9 Å². The number of benzene rings is 1. The van der Waals surface area contributed by atoms with Gasteiger partial charge in [0.25, 0.3) is 5.91 Å². The van der Waals surface area contributed by atoms with Crippen molar-refractivity contribution in [2.24, 2.45) is 0 Å². The van der Waals surface area contributed by atoms with Crippen molar-refractivity contribution < 1.29 is 18.5 Å². The zero-order valence-electron chi connectivity index (χ0n) is 12.1. The second-order valence-electron chi connectivity index (χ2n) is 5.24. The van der Waals surface area contributed by atoms with Crippen LogP contribution in [-0.2, 0) is 0 Å². The molecule has 8 heteroatoms. The van der Waals surface area contributed by atoms with E-state index in [4.69, 9.17) is 4.42 Å². The second-order valence-corrected chi connectivity index (χ2v) is 5.24. The van der Waals surface area contributed by atoms with Gasteiger partial charge in [0, 0.05) is 24.5 Å². The number of nitro groups is 1. The first-order valence-electron chi connectivity index (χ1n) is 7.14.